The van der Waals surface area contributed by atoms with Gasteiger partial charge in [-0.25, -0.2) is 8.78 Å². The highest BCUT2D eigenvalue weighted by Gasteiger charge is 2.14. The Balaban J connectivity index is 2.00. The number of benzene rings is 2. The summed E-state index contributed by atoms with van der Waals surface area (Å²) in [4.78, 5) is 12.0. The van der Waals surface area contributed by atoms with Crippen LogP contribution in [0.3, 0.4) is 0 Å². The molecule has 0 aromatic heterocycles. The molecule has 1 unspecified atom stereocenters. The van der Waals surface area contributed by atoms with Crippen LogP contribution < -0.4 is 11.1 Å². The predicted octanol–water partition coefficient (Wildman–Crippen LogP) is 2.91. The number of carbonyl (C=O) groups excluding carboxylic acids is 1. The largest absolute Gasteiger partial charge is 0.399 e. The second kappa shape index (κ2) is 6.35. The number of nitrogen functional groups attached to an aromatic ring is 1. The van der Waals surface area contributed by atoms with Gasteiger partial charge in [-0.2, -0.15) is 0 Å². The summed E-state index contributed by atoms with van der Waals surface area (Å²) in [6, 6.07) is 9.77. The smallest absolute Gasteiger partial charge is 0.254 e. The van der Waals surface area contributed by atoms with Gasteiger partial charge in [0, 0.05) is 11.7 Å². The van der Waals surface area contributed by atoms with Gasteiger partial charge in [-0.1, -0.05) is 12.1 Å². The Labute approximate surface area is 121 Å². The lowest BCUT2D eigenvalue weighted by Gasteiger charge is -2.14. The minimum absolute atomic E-state index is 0.0462. The van der Waals surface area contributed by atoms with E-state index in [1.807, 2.05) is 0 Å². The van der Waals surface area contributed by atoms with Gasteiger partial charge in [-0.05, 0) is 49.2 Å². The molecule has 3 N–H and O–H groups in total. The first-order chi connectivity index (χ1) is 9.95. The lowest BCUT2D eigenvalue weighted by atomic mass is 10.1. The standard InChI is InChI=1S/C16H16F2N2O/c1-10(8-11-2-4-12(17)5-3-11)20-16(21)14-7-6-13(19)9-15(14)18/h2-7,9-10H,8,19H2,1H3,(H,20,21). The van der Waals surface area contributed by atoms with E-state index < -0.39 is 11.7 Å². The SMILES string of the molecule is CC(Cc1ccc(F)cc1)NC(=O)c1ccc(N)cc1F. The number of halogens is 2. The Morgan fingerprint density at radius 2 is 1.86 bits per heavy atom. The Kier molecular flexibility index (Phi) is 4.52. The second-order valence-corrected chi connectivity index (χ2v) is 4.94. The van der Waals surface area contributed by atoms with E-state index in [1.54, 1.807) is 19.1 Å². The summed E-state index contributed by atoms with van der Waals surface area (Å²) in [5.41, 5.74) is 6.55. The van der Waals surface area contributed by atoms with Crippen LogP contribution in [0.1, 0.15) is 22.8 Å². The first kappa shape index (κ1) is 15.0. The van der Waals surface area contributed by atoms with Gasteiger partial charge in [0.05, 0.1) is 5.56 Å². The number of carbonyl (C=O) groups is 1. The van der Waals surface area contributed by atoms with Crippen LogP contribution >= 0.6 is 0 Å². The maximum absolute atomic E-state index is 13.6. The van der Waals surface area contributed by atoms with E-state index in [0.717, 1.165) is 11.6 Å². The van der Waals surface area contributed by atoms with Gasteiger partial charge in [0.25, 0.3) is 5.91 Å². The quantitative estimate of drug-likeness (QED) is 0.851. The van der Waals surface area contributed by atoms with Crippen LogP contribution in [0.2, 0.25) is 0 Å². The molecule has 3 nitrogen and oxygen atoms in total. The lowest BCUT2D eigenvalue weighted by Crippen LogP contribution is -2.34. The van der Waals surface area contributed by atoms with E-state index in [9.17, 15) is 13.6 Å². The van der Waals surface area contributed by atoms with E-state index in [2.05, 4.69) is 5.32 Å². The van der Waals surface area contributed by atoms with Gasteiger partial charge in [-0.15, -0.1) is 0 Å². The van der Waals surface area contributed by atoms with Crippen molar-refractivity contribution in [3.63, 3.8) is 0 Å². The summed E-state index contributed by atoms with van der Waals surface area (Å²) in [5, 5.41) is 2.71. The van der Waals surface area contributed by atoms with Crippen molar-refractivity contribution < 1.29 is 13.6 Å². The Hall–Kier alpha value is -2.43. The third-order valence-corrected chi connectivity index (χ3v) is 3.07. The molecule has 2 aromatic carbocycles. The van der Waals surface area contributed by atoms with Crippen LogP contribution in [0.25, 0.3) is 0 Å². The summed E-state index contributed by atoms with van der Waals surface area (Å²) in [5.74, 6) is -1.46. The summed E-state index contributed by atoms with van der Waals surface area (Å²) in [7, 11) is 0. The van der Waals surface area contributed by atoms with Crippen molar-refractivity contribution in [3.05, 3.63) is 65.2 Å². The van der Waals surface area contributed by atoms with Crippen molar-refractivity contribution in [3.8, 4) is 0 Å². The van der Waals surface area contributed by atoms with Gasteiger partial charge < -0.3 is 11.1 Å². The normalized spacial score (nSPS) is 12.0. The maximum atomic E-state index is 13.6. The molecule has 0 heterocycles. The van der Waals surface area contributed by atoms with E-state index >= 15 is 0 Å². The molecule has 0 spiro atoms. The van der Waals surface area contributed by atoms with Crippen LogP contribution in [-0.4, -0.2) is 11.9 Å². The summed E-state index contributed by atoms with van der Waals surface area (Å²) < 4.78 is 26.5. The minimum atomic E-state index is -0.651. The Morgan fingerprint density at radius 1 is 1.19 bits per heavy atom. The molecule has 0 aliphatic rings. The third kappa shape index (κ3) is 4.02. The fraction of sp³-hybridized carbons (Fsp3) is 0.188. The molecule has 0 fully saturated rings. The summed E-state index contributed by atoms with van der Waals surface area (Å²) in [6.07, 6.45) is 0.530. The summed E-state index contributed by atoms with van der Waals surface area (Å²) in [6.45, 7) is 1.80. The van der Waals surface area contributed by atoms with Gasteiger partial charge >= 0.3 is 0 Å². The van der Waals surface area contributed by atoms with Crippen molar-refractivity contribution >= 4 is 11.6 Å². The highest BCUT2D eigenvalue weighted by molar-refractivity contribution is 5.95. The first-order valence-corrected chi connectivity index (χ1v) is 6.56. The van der Waals surface area contributed by atoms with Crippen LogP contribution in [-0.2, 0) is 6.42 Å². The average Bonchev–Trinajstić information content (AvgIpc) is 2.41. The second-order valence-electron chi connectivity index (χ2n) is 4.94. The lowest BCUT2D eigenvalue weighted by molar-refractivity contribution is 0.0936. The van der Waals surface area contributed by atoms with Crippen molar-refractivity contribution in [1.82, 2.24) is 5.32 Å². The molecule has 0 saturated carbocycles. The van der Waals surface area contributed by atoms with E-state index in [-0.39, 0.29) is 23.1 Å². The predicted molar refractivity (Wildman–Crippen MR) is 77.8 cm³/mol. The number of nitrogens with two attached hydrogens (primary N) is 1. The van der Waals surface area contributed by atoms with Crippen LogP contribution in [0.4, 0.5) is 14.5 Å². The number of hydrogen-bond donors (Lipinski definition) is 2. The Morgan fingerprint density at radius 3 is 2.48 bits per heavy atom. The summed E-state index contributed by atoms with van der Waals surface area (Å²) >= 11 is 0. The number of anilines is 1. The molecule has 1 amide bonds. The van der Waals surface area contributed by atoms with Gasteiger partial charge in [0.2, 0.25) is 0 Å². The van der Waals surface area contributed by atoms with E-state index in [0.29, 0.717) is 6.42 Å². The monoisotopic (exact) mass is 290 g/mol. The zero-order chi connectivity index (χ0) is 15.4. The number of hydrogen-bond acceptors (Lipinski definition) is 2. The van der Waals surface area contributed by atoms with Gasteiger partial charge in [-0.3, -0.25) is 4.79 Å². The maximum Gasteiger partial charge on any atom is 0.254 e. The number of amides is 1. The first-order valence-electron chi connectivity index (χ1n) is 6.56. The van der Waals surface area contributed by atoms with Gasteiger partial charge in [0.15, 0.2) is 0 Å². The van der Waals surface area contributed by atoms with Crippen molar-refractivity contribution in [2.24, 2.45) is 0 Å². The molecular weight excluding hydrogens is 274 g/mol. The minimum Gasteiger partial charge on any atom is -0.399 e. The molecule has 110 valence electrons. The molecule has 1 atom stereocenters. The highest BCUT2D eigenvalue weighted by Crippen LogP contribution is 2.12. The zero-order valence-corrected chi connectivity index (χ0v) is 11.6. The average molecular weight is 290 g/mol. The van der Waals surface area contributed by atoms with E-state index in [1.165, 1.54) is 24.3 Å². The molecule has 5 heteroatoms. The number of nitrogens with one attached hydrogen (secondary N) is 1. The number of rotatable bonds is 4. The molecule has 0 radical (unpaired) electrons. The zero-order valence-electron chi connectivity index (χ0n) is 11.6. The molecule has 21 heavy (non-hydrogen) atoms. The van der Waals surface area contributed by atoms with Crippen LogP contribution in [0, 0.1) is 11.6 Å². The molecule has 0 saturated heterocycles. The topological polar surface area (TPSA) is 55.1 Å². The molecule has 0 aliphatic carbocycles. The molecule has 2 aromatic rings. The van der Waals surface area contributed by atoms with Crippen molar-refractivity contribution in [2.75, 3.05) is 5.73 Å². The Bertz CT molecular complexity index is 641. The fourth-order valence-corrected chi connectivity index (χ4v) is 2.04. The van der Waals surface area contributed by atoms with Gasteiger partial charge in [0.1, 0.15) is 11.6 Å². The van der Waals surface area contributed by atoms with Crippen LogP contribution in [0.5, 0.6) is 0 Å². The van der Waals surface area contributed by atoms with Crippen molar-refractivity contribution in [1.29, 1.82) is 0 Å². The third-order valence-electron chi connectivity index (χ3n) is 3.07. The molecule has 0 bridgehead atoms. The molecular formula is C16H16F2N2O. The van der Waals surface area contributed by atoms with Crippen LogP contribution in [0.15, 0.2) is 42.5 Å². The van der Waals surface area contributed by atoms with Crippen molar-refractivity contribution in [2.45, 2.75) is 19.4 Å². The molecule has 2 rings (SSSR count). The fourth-order valence-electron chi connectivity index (χ4n) is 2.04. The van der Waals surface area contributed by atoms with E-state index in [4.69, 9.17) is 5.73 Å². The highest BCUT2D eigenvalue weighted by atomic mass is 19.1. The molecule has 0 aliphatic heterocycles.